The minimum atomic E-state index is -0.760. The van der Waals surface area contributed by atoms with Gasteiger partial charge in [0, 0.05) is 16.7 Å². The van der Waals surface area contributed by atoms with E-state index in [1.54, 1.807) is 24.3 Å². The highest BCUT2D eigenvalue weighted by Gasteiger charge is 2.24. The van der Waals surface area contributed by atoms with Gasteiger partial charge in [0.25, 0.3) is 5.69 Å². The number of halogens is 1. The summed E-state index contributed by atoms with van der Waals surface area (Å²) in [5, 5.41) is 30.6. The molecule has 0 aliphatic carbocycles. The van der Waals surface area contributed by atoms with Gasteiger partial charge in [-0.15, -0.1) is 0 Å². The highest BCUT2D eigenvalue weighted by Crippen LogP contribution is 2.30. The first-order chi connectivity index (χ1) is 11.0. The van der Waals surface area contributed by atoms with Crippen molar-refractivity contribution in [2.75, 3.05) is 0 Å². The zero-order valence-electron chi connectivity index (χ0n) is 11.6. The minimum absolute atomic E-state index is 0.0983. The molecule has 0 radical (unpaired) electrons. The van der Waals surface area contributed by atoms with E-state index in [1.807, 2.05) is 0 Å². The van der Waals surface area contributed by atoms with Crippen molar-refractivity contribution in [3.05, 3.63) is 80.4 Å². The summed E-state index contributed by atoms with van der Waals surface area (Å²) in [7, 11) is 0. The third kappa shape index (κ3) is 3.36. The molecule has 1 N–H and O–H groups in total. The second-order valence-electron chi connectivity index (χ2n) is 4.45. The largest absolute Gasteiger partial charge is 0.506 e. The van der Waals surface area contributed by atoms with Gasteiger partial charge in [0.2, 0.25) is 5.78 Å². The lowest BCUT2D eigenvalue weighted by molar-refractivity contribution is -0.385. The molecule has 0 aromatic heterocycles. The van der Waals surface area contributed by atoms with Crippen LogP contribution in [0.5, 0.6) is 0 Å². The van der Waals surface area contributed by atoms with E-state index < -0.39 is 27.7 Å². The second-order valence-corrected chi connectivity index (χ2v) is 4.89. The van der Waals surface area contributed by atoms with Gasteiger partial charge in [0.15, 0.2) is 5.76 Å². The molecule has 114 valence electrons. The molecule has 2 aromatic carbocycles. The third-order valence-electron chi connectivity index (χ3n) is 3.02. The predicted molar refractivity (Wildman–Crippen MR) is 84.0 cm³/mol. The van der Waals surface area contributed by atoms with Gasteiger partial charge in [0.05, 0.1) is 10.5 Å². The van der Waals surface area contributed by atoms with E-state index in [2.05, 4.69) is 0 Å². The van der Waals surface area contributed by atoms with Gasteiger partial charge < -0.3 is 5.11 Å². The standard InChI is InChI=1S/C16H9ClN2O4/c17-11-6-7-12(14(8-11)19(22)23)16(21)13(9-18)15(20)10-4-2-1-3-5-10/h1-8,21H. The maximum Gasteiger partial charge on any atom is 0.281 e. The van der Waals surface area contributed by atoms with E-state index in [1.165, 1.54) is 24.3 Å². The first kappa shape index (κ1) is 16.2. The number of ketones is 1. The Kier molecular flexibility index (Phi) is 4.74. The number of rotatable bonds is 4. The molecular formula is C16H9ClN2O4. The highest BCUT2D eigenvalue weighted by molar-refractivity contribution is 6.30. The molecule has 0 heterocycles. The summed E-state index contributed by atoms with van der Waals surface area (Å²) in [6.07, 6.45) is 0. The first-order valence-electron chi connectivity index (χ1n) is 6.33. The quantitative estimate of drug-likeness (QED) is 0.229. The fourth-order valence-electron chi connectivity index (χ4n) is 1.94. The normalized spacial score (nSPS) is 11.3. The number of Topliss-reactive ketones (excluding diaryl/α,β-unsaturated/α-hetero) is 1. The van der Waals surface area contributed by atoms with Gasteiger partial charge in [-0.3, -0.25) is 14.9 Å². The molecule has 0 amide bonds. The van der Waals surface area contributed by atoms with Crippen LogP contribution >= 0.6 is 11.6 Å². The molecule has 0 fully saturated rings. The van der Waals surface area contributed by atoms with Crippen LogP contribution in [0.3, 0.4) is 0 Å². The van der Waals surface area contributed by atoms with Crippen LogP contribution in [0.2, 0.25) is 5.02 Å². The second kappa shape index (κ2) is 6.73. The zero-order chi connectivity index (χ0) is 17.0. The monoisotopic (exact) mass is 328 g/mol. The number of carbonyl (C=O) groups is 1. The van der Waals surface area contributed by atoms with Crippen molar-refractivity contribution < 1.29 is 14.8 Å². The summed E-state index contributed by atoms with van der Waals surface area (Å²) in [6.45, 7) is 0. The van der Waals surface area contributed by atoms with Gasteiger partial charge >= 0.3 is 0 Å². The number of benzene rings is 2. The maximum absolute atomic E-state index is 12.3. The fraction of sp³-hybridized carbons (Fsp3) is 0. The number of allylic oxidation sites excluding steroid dienone is 1. The Morgan fingerprint density at radius 1 is 1.22 bits per heavy atom. The van der Waals surface area contributed by atoms with Gasteiger partial charge in [-0.25, -0.2) is 0 Å². The molecule has 2 aromatic rings. The van der Waals surface area contributed by atoms with E-state index in [0.29, 0.717) is 0 Å². The molecule has 0 bridgehead atoms. The summed E-state index contributed by atoms with van der Waals surface area (Å²) in [4.78, 5) is 22.6. The predicted octanol–water partition coefficient (Wildman–Crippen LogP) is 3.92. The van der Waals surface area contributed by atoms with Crippen molar-refractivity contribution in [1.82, 2.24) is 0 Å². The van der Waals surface area contributed by atoms with Crippen LogP contribution < -0.4 is 0 Å². The SMILES string of the molecule is N#CC(C(=O)c1ccccc1)=C(O)c1ccc(Cl)cc1[N+](=O)[O-]. The summed E-state index contributed by atoms with van der Waals surface area (Å²) < 4.78 is 0. The van der Waals surface area contributed by atoms with Gasteiger partial charge in [-0.2, -0.15) is 5.26 Å². The first-order valence-corrected chi connectivity index (χ1v) is 6.71. The number of nitrogens with zero attached hydrogens (tertiary/aromatic N) is 2. The average Bonchev–Trinajstić information content (AvgIpc) is 2.55. The molecule has 23 heavy (non-hydrogen) atoms. The zero-order valence-corrected chi connectivity index (χ0v) is 12.3. The number of aliphatic hydroxyl groups is 1. The summed E-state index contributed by atoms with van der Waals surface area (Å²) in [5.41, 5.74) is -1.14. The Hall–Kier alpha value is -3.17. The summed E-state index contributed by atoms with van der Waals surface area (Å²) >= 11 is 5.70. The Balaban J connectivity index is 2.62. The Morgan fingerprint density at radius 3 is 2.43 bits per heavy atom. The molecule has 0 aliphatic heterocycles. The van der Waals surface area contributed by atoms with E-state index in [9.17, 15) is 25.3 Å². The number of nitro groups is 1. The number of hydrogen-bond acceptors (Lipinski definition) is 5. The molecule has 0 spiro atoms. The topological polar surface area (TPSA) is 104 Å². The van der Waals surface area contributed by atoms with Gasteiger partial charge in [-0.05, 0) is 12.1 Å². The highest BCUT2D eigenvalue weighted by atomic mass is 35.5. The molecule has 6 nitrogen and oxygen atoms in total. The Morgan fingerprint density at radius 2 is 1.87 bits per heavy atom. The Bertz CT molecular complexity index is 854. The minimum Gasteiger partial charge on any atom is -0.506 e. The van der Waals surface area contributed by atoms with Crippen molar-refractivity contribution >= 4 is 28.8 Å². The number of carbonyl (C=O) groups excluding carboxylic acids is 1. The van der Waals surface area contributed by atoms with E-state index in [0.717, 1.165) is 6.07 Å². The van der Waals surface area contributed by atoms with Gasteiger partial charge in [0.1, 0.15) is 11.6 Å². The molecule has 2 rings (SSSR count). The van der Waals surface area contributed by atoms with Crippen molar-refractivity contribution in [2.45, 2.75) is 0 Å². The van der Waals surface area contributed by atoms with Crippen LogP contribution in [0.1, 0.15) is 15.9 Å². The molecular weight excluding hydrogens is 320 g/mol. The molecule has 7 heteroatoms. The van der Waals surface area contributed by atoms with Crippen LogP contribution in [0.4, 0.5) is 5.69 Å². The van der Waals surface area contributed by atoms with E-state index in [4.69, 9.17) is 11.6 Å². The number of nitriles is 1. The Labute approximate surface area is 136 Å². The van der Waals surface area contributed by atoms with Crippen molar-refractivity contribution in [3.8, 4) is 6.07 Å². The van der Waals surface area contributed by atoms with Crippen molar-refractivity contribution in [1.29, 1.82) is 5.26 Å². The van der Waals surface area contributed by atoms with Crippen molar-refractivity contribution in [2.24, 2.45) is 0 Å². The lowest BCUT2D eigenvalue weighted by atomic mass is 9.99. The van der Waals surface area contributed by atoms with Gasteiger partial charge in [-0.1, -0.05) is 41.9 Å². The van der Waals surface area contributed by atoms with Crippen molar-refractivity contribution in [3.63, 3.8) is 0 Å². The smallest absolute Gasteiger partial charge is 0.281 e. The summed E-state index contributed by atoms with van der Waals surface area (Å²) in [6, 6.07) is 13.0. The van der Waals surface area contributed by atoms with Crippen LogP contribution in [-0.2, 0) is 0 Å². The molecule has 0 aliphatic rings. The lowest BCUT2D eigenvalue weighted by Gasteiger charge is -2.06. The van der Waals surface area contributed by atoms with Crippen LogP contribution in [0.25, 0.3) is 5.76 Å². The third-order valence-corrected chi connectivity index (χ3v) is 3.26. The molecule has 0 atom stereocenters. The number of aliphatic hydroxyl groups excluding tert-OH is 1. The van der Waals surface area contributed by atoms with Crippen LogP contribution in [0.15, 0.2) is 54.1 Å². The number of hydrogen-bond donors (Lipinski definition) is 1. The summed E-state index contributed by atoms with van der Waals surface area (Å²) in [5.74, 6) is -1.49. The molecule has 0 saturated carbocycles. The fourth-order valence-corrected chi connectivity index (χ4v) is 2.10. The van der Waals surface area contributed by atoms with Crippen LogP contribution in [0, 0.1) is 21.4 Å². The number of nitro benzene ring substituents is 1. The van der Waals surface area contributed by atoms with E-state index in [-0.39, 0.29) is 16.1 Å². The van der Waals surface area contributed by atoms with Crippen LogP contribution in [-0.4, -0.2) is 15.8 Å². The molecule has 0 unspecified atom stereocenters. The maximum atomic E-state index is 12.3. The average molecular weight is 329 g/mol. The molecule has 0 saturated heterocycles. The lowest BCUT2D eigenvalue weighted by Crippen LogP contribution is -2.06. The van der Waals surface area contributed by atoms with E-state index >= 15 is 0 Å².